The van der Waals surface area contributed by atoms with Gasteiger partial charge in [0.25, 0.3) is 5.56 Å². The van der Waals surface area contributed by atoms with E-state index >= 15 is 0 Å². The van der Waals surface area contributed by atoms with E-state index < -0.39 is 0 Å². The van der Waals surface area contributed by atoms with Gasteiger partial charge in [0.15, 0.2) is 5.82 Å². The van der Waals surface area contributed by atoms with Crippen molar-refractivity contribution in [2.45, 2.75) is 58.7 Å². The van der Waals surface area contributed by atoms with Gasteiger partial charge in [-0.05, 0) is 23.6 Å². The molecule has 3 heterocycles. The van der Waals surface area contributed by atoms with Crippen LogP contribution in [0.2, 0.25) is 0 Å². The number of unbranched alkanes of at least 4 members (excludes halogenated alkanes) is 1. The molecule has 0 saturated heterocycles. The highest BCUT2D eigenvalue weighted by Crippen LogP contribution is 2.24. The molecule has 1 aromatic carbocycles. The summed E-state index contributed by atoms with van der Waals surface area (Å²) < 4.78 is 2.85. The number of aromatic nitrogens is 6. The number of hydrogen-bond acceptors (Lipinski definition) is 6. The Morgan fingerprint density at radius 3 is 2.58 bits per heavy atom. The van der Waals surface area contributed by atoms with Gasteiger partial charge >= 0.3 is 5.69 Å². The van der Waals surface area contributed by atoms with Gasteiger partial charge in [-0.3, -0.25) is 13.9 Å². The molecule has 0 atom stereocenters. The van der Waals surface area contributed by atoms with Crippen LogP contribution in [0.1, 0.15) is 43.1 Å². The van der Waals surface area contributed by atoms with Crippen molar-refractivity contribution >= 4 is 22.6 Å². The molecular formula is C21H24ClN7O2. The first-order valence-corrected chi connectivity index (χ1v) is 10.8. The maximum absolute atomic E-state index is 13.0. The normalized spacial score (nSPS) is 12.8. The van der Waals surface area contributed by atoms with Crippen LogP contribution in [0.4, 0.5) is 5.82 Å². The lowest BCUT2D eigenvalue weighted by Crippen LogP contribution is -2.41. The van der Waals surface area contributed by atoms with Gasteiger partial charge in [-0.15, -0.1) is 10.2 Å². The van der Waals surface area contributed by atoms with Crippen molar-refractivity contribution in [3.63, 3.8) is 0 Å². The van der Waals surface area contributed by atoms with Crippen LogP contribution in [0.25, 0.3) is 0 Å². The molecule has 0 N–H and O–H groups in total. The molecule has 162 valence electrons. The number of aryl methyl sites for hydroxylation is 1. The third kappa shape index (κ3) is 4.66. The Balaban J connectivity index is 1.46. The zero-order chi connectivity index (χ0) is 21.8. The molecule has 0 unspecified atom stereocenters. The summed E-state index contributed by atoms with van der Waals surface area (Å²) in [4.78, 5) is 31.6. The number of halogens is 1. The standard InChI is InChI=1S/C21H24ClN7O2/c1-2-3-10-27-19-16(14-17(22)23-19)20(30)28(21(27)31)11-7-12-29-25-18(24-26-29)13-15-8-5-4-6-9-15/h4-6,8-9H,2-3,7,10-14H2,1H3. The molecule has 1 aliphatic rings. The molecule has 10 heteroatoms. The number of benzene rings is 1. The largest absolute Gasteiger partial charge is 0.332 e. The van der Waals surface area contributed by atoms with Gasteiger partial charge in [0.2, 0.25) is 0 Å². The highest BCUT2D eigenvalue weighted by molar-refractivity contribution is 6.66. The lowest BCUT2D eigenvalue weighted by molar-refractivity contribution is 0.448. The number of nitrogens with zero attached hydrogens (tertiary/aromatic N) is 7. The van der Waals surface area contributed by atoms with Gasteiger partial charge in [-0.25, -0.2) is 9.79 Å². The summed E-state index contributed by atoms with van der Waals surface area (Å²) in [5.74, 6) is 1.04. The Morgan fingerprint density at radius 1 is 1.03 bits per heavy atom. The molecule has 1 aliphatic heterocycles. The fourth-order valence-electron chi connectivity index (χ4n) is 3.63. The van der Waals surface area contributed by atoms with E-state index in [0.29, 0.717) is 48.3 Å². The zero-order valence-electron chi connectivity index (χ0n) is 17.4. The summed E-state index contributed by atoms with van der Waals surface area (Å²) in [6.07, 6.45) is 3.16. The van der Waals surface area contributed by atoms with Gasteiger partial charge in [-0.2, -0.15) is 4.80 Å². The van der Waals surface area contributed by atoms with Crippen molar-refractivity contribution in [3.05, 3.63) is 68.1 Å². The van der Waals surface area contributed by atoms with Crippen LogP contribution in [0.3, 0.4) is 0 Å². The van der Waals surface area contributed by atoms with E-state index in [9.17, 15) is 9.59 Å². The van der Waals surface area contributed by atoms with E-state index in [1.807, 2.05) is 30.3 Å². The van der Waals surface area contributed by atoms with Gasteiger partial charge in [-0.1, -0.05) is 55.3 Å². The highest BCUT2D eigenvalue weighted by Gasteiger charge is 2.24. The van der Waals surface area contributed by atoms with Gasteiger partial charge in [0.1, 0.15) is 11.0 Å². The smallest absolute Gasteiger partial charge is 0.278 e. The van der Waals surface area contributed by atoms with E-state index in [2.05, 4.69) is 27.3 Å². The van der Waals surface area contributed by atoms with E-state index in [4.69, 9.17) is 11.6 Å². The van der Waals surface area contributed by atoms with E-state index in [1.165, 1.54) is 9.36 Å². The van der Waals surface area contributed by atoms with E-state index in [0.717, 1.165) is 18.4 Å². The minimum absolute atomic E-state index is 0.268. The molecule has 0 amide bonds. The lowest BCUT2D eigenvalue weighted by Gasteiger charge is -2.13. The number of aliphatic imine (C=N–C) groups is 1. The van der Waals surface area contributed by atoms with Crippen LogP contribution < -0.4 is 11.2 Å². The fourth-order valence-corrected chi connectivity index (χ4v) is 3.85. The molecule has 2 aromatic heterocycles. The number of fused-ring (bicyclic) bond motifs is 1. The van der Waals surface area contributed by atoms with Crippen LogP contribution in [0, 0.1) is 0 Å². The van der Waals surface area contributed by atoms with Gasteiger partial charge in [0.05, 0.1) is 12.1 Å². The van der Waals surface area contributed by atoms with Crippen LogP contribution >= 0.6 is 11.6 Å². The lowest BCUT2D eigenvalue weighted by atomic mass is 10.1. The van der Waals surface area contributed by atoms with E-state index in [1.54, 1.807) is 4.57 Å². The quantitative estimate of drug-likeness (QED) is 0.507. The zero-order valence-corrected chi connectivity index (χ0v) is 18.1. The molecular weight excluding hydrogens is 418 g/mol. The molecule has 31 heavy (non-hydrogen) atoms. The molecule has 0 spiro atoms. The first kappa shape index (κ1) is 21.2. The Morgan fingerprint density at radius 2 is 1.81 bits per heavy atom. The van der Waals surface area contributed by atoms with Crippen molar-refractivity contribution in [1.82, 2.24) is 29.3 Å². The molecule has 0 saturated carbocycles. The minimum Gasteiger partial charge on any atom is -0.278 e. The fraction of sp³-hybridized carbons (Fsp3) is 0.429. The average Bonchev–Trinajstić information content (AvgIpc) is 3.37. The second kappa shape index (κ2) is 9.38. The van der Waals surface area contributed by atoms with E-state index in [-0.39, 0.29) is 24.2 Å². The van der Waals surface area contributed by atoms with Gasteiger partial charge < -0.3 is 0 Å². The Kier molecular flexibility index (Phi) is 6.41. The van der Waals surface area contributed by atoms with Crippen LogP contribution in [-0.2, 0) is 32.5 Å². The number of tetrazole rings is 1. The second-order valence-electron chi connectivity index (χ2n) is 7.53. The van der Waals surface area contributed by atoms with Crippen LogP contribution in [-0.4, -0.2) is 34.5 Å². The predicted octanol–water partition coefficient (Wildman–Crippen LogP) is 2.30. The van der Waals surface area contributed by atoms with Crippen molar-refractivity contribution in [2.75, 3.05) is 0 Å². The summed E-state index contributed by atoms with van der Waals surface area (Å²) in [6.45, 7) is 3.29. The summed E-state index contributed by atoms with van der Waals surface area (Å²) in [7, 11) is 0. The summed E-state index contributed by atoms with van der Waals surface area (Å²) in [6, 6.07) is 9.94. The van der Waals surface area contributed by atoms with Crippen molar-refractivity contribution in [3.8, 4) is 0 Å². The molecule has 0 bridgehead atoms. The Labute approximate surface area is 184 Å². The average molecular weight is 442 g/mol. The molecule has 0 radical (unpaired) electrons. The second-order valence-corrected chi connectivity index (χ2v) is 7.97. The Hall–Kier alpha value is -3.07. The van der Waals surface area contributed by atoms with Crippen molar-refractivity contribution < 1.29 is 0 Å². The molecule has 4 rings (SSSR count). The highest BCUT2D eigenvalue weighted by atomic mass is 35.5. The molecule has 0 fully saturated rings. The number of hydrogen-bond donors (Lipinski definition) is 0. The maximum Gasteiger partial charge on any atom is 0.332 e. The number of rotatable bonds is 9. The summed E-state index contributed by atoms with van der Waals surface area (Å²) >= 11 is 6.06. The first-order chi connectivity index (χ1) is 15.1. The van der Waals surface area contributed by atoms with Crippen LogP contribution in [0.5, 0.6) is 0 Å². The predicted molar refractivity (Wildman–Crippen MR) is 118 cm³/mol. The molecule has 0 aliphatic carbocycles. The third-order valence-corrected chi connectivity index (χ3v) is 5.43. The first-order valence-electron chi connectivity index (χ1n) is 10.5. The van der Waals surface area contributed by atoms with Crippen LogP contribution in [0.15, 0.2) is 44.9 Å². The Bertz CT molecular complexity index is 1210. The maximum atomic E-state index is 13.0. The summed E-state index contributed by atoms with van der Waals surface area (Å²) in [5, 5.41) is 12.9. The minimum atomic E-state index is -0.344. The third-order valence-electron chi connectivity index (χ3n) is 5.22. The topological polar surface area (TPSA) is 100.0 Å². The molecule has 9 nitrogen and oxygen atoms in total. The van der Waals surface area contributed by atoms with Crippen molar-refractivity contribution in [2.24, 2.45) is 4.99 Å². The monoisotopic (exact) mass is 441 g/mol. The SMILES string of the molecule is CCCCn1c2c(c(=O)n(CCCn3nnc(Cc4ccccc4)n3)c1=O)CC(Cl)=N2. The molecule has 3 aromatic rings. The summed E-state index contributed by atoms with van der Waals surface area (Å²) in [5.41, 5.74) is 0.942. The van der Waals surface area contributed by atoms with Crippen molar-refractivity contribution in [1.29, 1.82) is 0 Å². The van der Waals surface area contributed by atoms with Gasteiger partial charge in [0, 0.05) is 25.9 Å².